The smallest absolute Gasteiger partial charge is 0.248 e. The monoisotopic (exact) mass is 393 g/mol. The minimum Gasteiger partial charge on any atom is -0.324 e. The second kappa shape index (κ2) is 9.43. The summed E-state index contributed by atoms with van der Waals surface area (Å²) in [6.45, 7) is 2.12. The van der Waals surface area contributed by atoms with E-state index in [4.69, 9.17) is 5.26 Å². The van der Waals surface area contributed by atoms with Gasteiger partial charge in [0.25, 0.3) is 0 Å². The molecule has 0 radical (unpaired) electrons. The number of hydrogen-bond acceptors (Lipinski definition) is 4. The third-order valence-corrected chi connectivity index (χ3v) is 5.86. The Morgan fingerprint density at radius 3 is 2.46 bits per heavy atom. The van der Waals surface area contributed by atoms with Crippen LogP contribution in [0, 0.1) is 11.3 Å². The zero-order valence-corrected chi connectivity index (χ0v) is 16.7. The summed E-state index contributed by atoms with van der Waals surface area (Å²) in [4.78, 5) is 27.0. The lowest BCUT2D eigenvalue weighted by Crippen LogP contribution is -2.44. The standard InChI is InChI=1S/C22H23N3O2S/c1-2-16-3-5-17(6-4-16)9-12-21(26)25-15-28-14-20(25)22(27)24-19-10-7-18(13-23)8-11-19/h3-8,10-11,20H,2,9,12,14-15H2,1H3,(H,24,27). The molecule has 0 aromatic heterocycles. The second-order valence-electron chi connectivity index (χ2n) is 6.73. The first-order valence-electron chi connectivity index (χ1n) is 9.36. The number of anilines is 1. The van der Waals surface area contributed by atoms with Gasteiger partial charge in [0.2, 0.25) is 11.8 Å². The van der Waals surface area contributed by atoms with Gasteiger partial charge >= 0.3 is 0 Å². The molecule has 0 aliphatic carbocycles. The Morgan fingerprint density at radius 1 is 1.14 bits per heavy atom. The number of aryl methyl sites for hydroxylation is 2. The van der Waals surface area contributed by atoms with Crippen LogP contribution >= 0.6 is 11.8 Å². The molecule has 1 aliphatic heterocycles. The maximum Gasteiger partial charge on any atom is 0.248 e. The Bertz CT molecular complexity index is 872. The fraction of sp³-hybridized carbons (Fsp3) is 0.318. The van der Waals surface area contributed by atoms with E-state index >= 15 is 0 Å². The highest BCUT2D eigenvalue weighted by Crippen LogP contribution is 2.24. The zero-order valence-electron chi connectivity index (χ0n) is 15.9. The van der Waals surface area contributed by atoms with E-state index in [1.54, 1.807) is 40.9 Å². The van der Waals surface area contributed by atoms with E-state index in [0.29, 0.717) is 35.7 Å². The summed E-state index contributed by atoms with van der Waals surface area (Å²) in [5, 5.41) is 11.7. The normalized spacial score (nSPS) is 15.9. The van der Waals surface area contributed by atoms with Gasteiger partial charge in [-0.25, -0.2) is 0 Å². The van der Waals surface area contributed by atoms with Crippen LogP contribution in [0.4, 0.5) is 5.69 Å². The summed E-state index contributed by atoms with van der Waals surface area (Å²) in [7, 11) is 0. The molecular formula is C22H23N3O2S. The Morgan fingerprint density at radius 2 is 1.82 bits per heavy atom. The average molecular weight is 394 g/mol. The second-order valence-corrected chi connectivity index (χ2v) is 7.73. The minimum absolute atomic E-state index is 0.00421. The van der Waals surface area contributed by atoms with Gasteiger partial charge in [0.15, 0.2) is 0 Å². The number of hydrogen-bond donors (Lipinski definition) is 1. The molecule has 144 valence electrons. The molecule has 2 amide bonds. The first kappa shape index (κ1) is 20.0. The van der Waals surface area contributed by atoms with Crippen molar-refractivity contribution in [1.82, 2.24) is 4.90 Å². The van der Waals surface area contributed by atoms with Crippen LogP contribution in [-0.2, 0) is 22.4 Å². The number of carbonyl (C=O) groups excluding carboxylic acids is 2. The number of nitrogens with one attached hydrogen (secondary N) is 1. The average Bonchev–Trinajstić information content (AvgIpc) is 3.23. The van der Waals surface area contributed by atoms with Crippen molar-refractivity contribution in [3.63, 3.8) is 0 Å². The van der Waals surface area contributed by atoms with Crippen LogP contribution in [0.3, 0.4) is 0 Å². The number of carbonyl (C=O) groups is 2. The SMILES string of the molecule is CCc1ccc(CCC(=O)N2CSCC2C(=O)Nc2ccc(C#N)cc2)cc1. The summed E-state index contributed by atoms with van der Waals surface area (Å²) >= 11 is 1.59. The van der Waals surface area contributed by atoms with Crippen LogP contribution < -0.4 is 5.32 Å². The van der Waals surface area contributed by atoms with Gasteiger partial charge in [0.1, 0.15) is 6.04 Å². The van der Waals surface area contributed by atoms with Crippen LogP contribution in [0.1, 0.15) is 30.0 Å². The van der Waals surface area contributed by atoms with Gasteiger partial charge in [-0.05, 0) is 48.2 Å². The molecule has 6 heteroatoms. The summed E-state index contributed by atoms with van der Waals surface area (Å²) in [6.07, 6.45) is 2.07. The largest absolute Gasteiger partial charge is 0.324 e. The molecule has 1 heterocycles. The lowest BCUT2D eigenvalue weighted by atomic mass is 10.1. The lowest BCUT2D eigenvalue weighted by Gasteiger charge is -2.23. The van der Waals surface area contributed by atoms with Crippen molar-refractivity contribution in [2.24, 2.45) is 0 Å². The molecule has 1 N–H and O–H groups in total. The van der Waals surface area contributed by atoms with Crippen LogP contribution in [0.2, 0.25) is 0 Å². The molecule has 28 heavy (non-hydrogen) atoms. The van der Waals surface area contributed by atoms with Crippen LogP contribution in [0.25, 0.3) is 0 Å². The van der Waals surface area contributed by atoms with Crippen molar-refractivity contribution < 1.29 is 9.59 Å². The molecule has 1 fully saturated rings. The predicted octanol–water partition coefficient (Wildman–Crippen LogP) is 3.59. The molecule has 0 spiro atoms. The number of nitriles is 1. The third-order valence-electron chi connectivity index (χ3n) is 4.85. The molecule has 1 atom stereocenters. The quantitative estimate of drug-likeness (QED) is 0.814. The Labute approximate surface area is 169 Å². The number of amides is 2. The van der Waals surface area contributed by atoms with Gasteiger partial charge in [-0.2, -0.15) is 5.26 Å². The number of benzene rings is 2. The summed E-state index contributed by atoms with van der Waals surface area (Å²) in [5.41, 5.74) is 3.59. The van der Waals surface area contributed by atoms with Crippen LogP contribution in [0.5, 0.6) is 0 Å². The van der Waals surface area contributed by atoms with Gasteiger partial charge in [-0.15, -0.1) is 11.8 Å². The first-order chi connectivity index (χ1) is 13.6. The molecular weight excluding hydrogens is 370 g/mol. The third kappa shape index (κ3) is 4.93. The van der Waals surface area contributed by atoms with E-state index in [1.807, 2.05) is 6.07 Å². The summed E-state index contributed by atoms with van der Waals surface area (Å²) in [6, 6.07) is 16.6. The van der Waals surface area contributed by atoms with E-state index < -0.39 is 6.04 Å². The van der Waals surface area contributed by atoms with E-state index in [0.717, 1.165) is 12.0 Å². The Hall–Kier alpha value is -2.78. The highest BCUT2D eigenvalue weighted by atomic mass is 32.2. The Balaban J connectivity index is 1.56. The van der Waals surface area contributed by atoms with Crippen molar-refractivity contribution in [2.45, 2.75) is 32.2 Å². The van der Waals surface area contributed by atoms with Crippen LogP contribution in [0.15, 0.2) is 48.5 Å². The fourth-order valence-corrected chi connectivity index (χ4v) is 4.28. The van der Waals surface area contributed by atoms with Gasteiger partial charge < -0.3 is 10.2 Å². The van der Waals surface area contributed by atoms with Crippen molar-refractivity contribution in [2.75, 3.05) is 16.9 Å². The molecule has 1 saturated heterocycles. The zero-order chi connectivity index (χ0) is 19.9. The molecule has 2 aromatic rings. The van der Waals surface area contributed by atoms with E-state index in [1.165, 1.54) is 5.56 Å². The van der Waals surface area contributed by atoms with Crippen molar-refractivity contribution in [3.05, 3.63) is 65.2 Å². The number of thioether (sulfide) groups is 1. The van der Waals surface area contributed by atoms with E-state index in [2.05, 4.69) is 36.5 Å². The molecule has 0 bridgehead atoms. The maximum atomic E-state index is 12.7. The number of nitrogens with zero attached hydrogens (tertiary/aromatic N) is 2. The lowest BCUT2D eigenvalue weighted by molar-refractivity contribution is -0.136. The topological polar surface area (TPSA) is 73.2 Å². The summed E-state index contributed by atoms with van der Waals surface area (Å²) < 4.78 is 0. The molecule has 3 rings (SSSR count). The van der Waals surface area contributed by atoms with Gasteiger partial charge in [-0.3, -0.25) is 9.59 Å². The van der Waals surface area contributed by atoms with Crippen LogP contribution in [-0.4, -0.2) is 34.4 Å². The van der Waals surface area contributed by atoms with Gasteiger partial charge in [0.05, 0.1) is 17.5 Å². The molecule has 2 aromatic carbocycles. The maximum absolute atomic E-state index is 12.7. The molecule has 1 unspecified atom stereocenters. The van der Waals surface area contributed by atoms with Crippen molar-refractivity contribution in [3.8, 4) is 6.07 Å². The highest BCUT2D eigenvalue weighted by molar-refractivity contribution is 7.99. The van der Waals surface area contributed by atoms with E-state index in [9.17, 15) is 9.59 Å². The minimum atomic E-state index is -0.462. The first-order valence-corrected chi connectivity index (χ1v) is 10.5. The molecule has 1 aliphatic rings. The van der Waals surface area contributed by atoms with E-state index in [-0.39, 0.29) is 11.8 Å². The van der Waals surface area contributed by atoms with Crippen molar-refractivity contribution >= 4 is 29.3 Å². The highest BCUT2D eigenvalue weighted by Gasteiger charge is 2.34. The van der Waals surface area contributed by atoms with Gasteiger partial charge in [-0.1, -0.05) is 31.2 Å². The summed E-state index contributed by atoms with van der Waals surface area (Å²) in [5.74, 6) is 0.956. The predicted molar refractivity (Wildman–Crippen MR) is 112 cm³/mol. The van der Waals surface area contributed by atoms with Gasteiger partial charge in [0, 0.05) is 17.9 Å². The van der Waals surface area contributed by atoms with Crippen molar-refractivity contribution in [1.29, 1.82) is 5.26 Å². The fourth-order valence-electron chi connectivity index (χ4n) is 3.10. The Kier molecular flexibility index (Phi) is 6.72. The molecule has 0 saturated carbocycles. The molecule has 5 nitrogen and oxygen atoms in total. The number of rotatable bonds is 6.